The second-order valence-corrected chi connectivity index (χ2v) is 7.56. The molecule has 1 aromatic heterocycles. The maximum atomic E-state index is 12.0. The Morgan fingerprint density at radius 3 is 2.62 bits per heavy atom. The third kappa shape index (κ3) is 5.31. The van der Waals surface area contributed by atoms with E-state index in [-0.39, 0.29) is 11.7 Å². The van der Waals surface area contributed by atoms with Crippen LogP contribution in [-0.4, -0.2) is 40.2 Å². The zero-order valence-corrected chi connectivity index (χ0v) is 17.9. The predicted molar refractivity (Wildman–Crippen MR) is 115 cm³/mol. The SMILES string of the molecule is CCCCOC(=O)CSc1nnc(-c2ccccc2OC)n1-c1ccc(Cl)cc1. The number of rotatable bonds is 9. The van der Waals surface area contributed by atoms with Crippen LogP contribution in [-0.2, 0) is 9.53 Å². The zero-order chi connectivity index (χ0) is 20.6. The average Bonchev–Trinajstić information content (AvgIpc) is 3.16. The predicted octanol–water partition coefficient (Wildman–Crippen LogP) is 5.03. The van der Waals surface area contributed by atoms with E-state index in [4.69, 9.17) is 21.1 Å². The fourth-order valence-corrected chi connectivity index (χ4v) is 3.56. The van der Waals surface area contributed by atoms with E-state index in [1.54, 1.807) is 19.2 Å². The third-order valence-corrected chi connectivity index (χ3v) is 5.30. The second kappa shape index (κ2) is 10.3. The summed E-state index contributed by atoms with van der Waals surface area (Å²) in [5, 5.41) is 9.91. The molecular weight excluding hydrogens is 410 g/mol. The van der Waals surface area contributed by atoms with Crippen molar-refractivity contribution in [3.05, 3.63) is 53.6 Å². The smallest absolute Gasteiger partial charge is 0.316 e. The lowest BCUT2D eigenvalue weighted by Gasteiger charge is -2.12. The molecule has 1 heterocycles. The number of para-hydroxylation sites is 1. The number of hydrogen-bond donors (Lipinski definition) is 0. The van der Waals surface area contributed by atoms with Crippen molar-refractivity contribution in [3.8, 4) is 22.8 Å². The van der Waals surface area contributed by atoms with Gasteiger partial charge in [0.05, 0.1) is 25.0 Å². The third-order valence-electron chi connectivity index (χ3n) is 4.15. The monoisotopic (exact) mass is 431 g/mol. The Hall–Kier alpha value is -2.51. The standard InChI is InChI=1S/C21H22ClN3O3S/c1-3-4-13-28-19(26)14-29-21-24-23-20(17-7-5-6-8-18(17)27-2)25(21)16-11-9-15(22)10-12-16/h5-12H,3-4,13-14H2,1-2H3. The van der Waals surface area contributed by atoms with Crippen molar-refractivity contribution in [2.45, 2.75) is 24.9 Å². The second-order valence-electron chi connectivity index (χ2n) is 6.18. The maximum Gasteiger partial charge on any atom is 0.316 e. The summed E-state index contributed by atoms with van der Waals surface area (Å²) in [5.74, 6) is 1.19. The van der Waals surface area contributed by atoms with Crippen molar-refractivity contribution in [3.63, 3.8) is 0 Å². The molecule has 2 aromatic carbocycles. The van der Waals surface area contributed by atoms with E-state index in [9.17, 15) is 4.79 Å². The zero-order valence-electron chi connectivity index (χ0n) is 16.3. The van der Waals surface area contributed by atoms with Crippen LogP contribution >= 0.6 is 23.4 Å². The first kappa shape index (κ1) is 21.2. The molecule has 0 aliphatic carbocycles. The molecule has 0 atom stereocenters. The van der Waals surface area contributed by atoms with Gasteiger partial charge in [-0.25, -0.2) is 0 Å². The van der Waals surface area contributed by atoms with Gasteiger partial charge in [-0.1, -0.05) is 48.8 Å². The van der Waals surface area contributed by atoms with Crippen LogP contribution in [0.2, 0.25) is 5.02 Å². The molecule has 3 rings (SSSR count). The molecule has 8 heteroatoms. The Morgan fingerprint density at radius 2 is 1.90 bits per heavy atom. The summed E-state index contributed by atoms with van der Waals surface area (Å²) in [6.45, 7) is 2.49. The molecule has 152 valence electrons. The van der Waals surface area contributed by atoms with Gasteiger partial charge in [-0.3, -0.25) is 9.36 Å². The lowest BCUT2D eigenvalue weighted by Crippen LogP contribution is -2.09. The molecule has 0 bridgehead atoms. The van der Waals surface area contributed by atoms with Gasteiger partial charge in [0.15, 0.2) is 11.0 Å². The summed E-state index contributed by atoms with van der Waals surface area (Å²) in [7, 11) is 1.61. The highest BCUT2D eigenvalue weighted by Gasteiger charge is 2.20. The molecule has 0 N–H and O–H groups in total. The van der Waals surface area contributed by atoms with Gasteiger partial charge >= 0.3 is 5.97 Å². The molecule has 0 amide bonds. The van der Waals surface area contributed by atoms with Gasteiger partial charge in [0, 0.05) is 10.7 Å². The first-order chi connectivity index (χ1) is 14.1. The molecule has 0 radical (unpaired) electrons. The molecule has 0 unspecified atom stereocenters. The summed E-state index contributed by atoms with van der Waals surface area (Å²) in [4.78, 5) is 12.0. The van der Waals surface area contributed by atoms with Crippen LogP contribution in [0.5, 0.6) is 5.75 Å². The molecule has 0 aliphatic heterocycles. The number of nitrogens with zero attached hydrogens (tertiary/aromatic N) is 3. The van der Waals surface area contributed by atoms with Gasteiger partial charge in [0.2, 0.25) is 0 Å². The number of methoxy groups -OCH3 is 1. The van der Waals surface area contributed by atoms with E-state index in [1.807, 2.05) is 41.0 Å². The van der Waals surface area contributed by atoms with Crippen LogP contribution in [0, 0.1) is 0 Å². The quantitative estimate of drug-likeness (QED) is 0.269. The summed E-state index contributed by atoms with van der Waals surface area (Å²) < 4.78 is 12.6. The molecule has 0 fully saturated rings. The molecule has 0 aliphatic rings. The number of benzene rings is 2. The fourth-order valence-electron chi connectivity index (χ4n) is 2.69. The molecular formula is C21H22ClN3O3S. The number of halogens is 1. The van der Waals surface area contributed by atoms with Crippen LogP contribution in [0.4, 0.5) is 0 Å². The first-order valence-electron chi connectivity index (χ1n) is 9.27. The Labute approximate surface area is 179 Å². The number of carbonyl (C=O) groups excluding carboxylic acids is 1. The molecule has 29 heavy (non-hydrogen) atoms. The Balaban J connectivity index is 1.94. The number of aromatic nitrogens is 3. The van der Waals surface area contributed by atoms with Gasteiger partial charge in [-0.2, -0.15) is 0 Å². The highest BCUT2D eigenvalue weighted by Crippen LogP contribution is 2.33. The van der Waals surface area contributed by atoms with E-state index in [0.717, 1.165) is 24.1 Å². The van der Waals surface area contributed by atoms with Crippen LogP contribution in [0.1, 0.15) is 19.8 Å². The van der Waals surface area contributed by atoms with Crippen molar-refractivity contribution in [2.75, 3.05) is 19.5 Å². The Kier molecular flexibility index (Phi) is 7.55. The van der Waals surface area contributed by atoms with Gasteiger partial charge < -0.3 is 9.47 Å². The highest BCUT2D eigenvalue weighted by atomic mass is 35.5. The largest absolute Gasteiger partial charge is 0.496 e. The van der Waals surface area contributed by atoms with Crippen LogP contribution in [0.3, 0.4) is 0 Å². The summed E-state index contributed by atoms with van der Waals surface area (Å²) in [6, 6.07) is 15.0. The topological polar surface area (TPSA) is 66.2 Å². The van der Waals surface area contributed by atoms with E-state index in [1.165, 1.54) is 11.8 Å². The van der Waals surface area contributed by atoms with E-state index in [2.05, 4.69) is 17.1 Å². The lowest BCUT2D eigenvalue weighted by molar-refractivity contribution is -0.140. The molecule has 0 saturated heterocycles. The fraction of sp³-hybridized carbons (Fsp3) is 0.286. The lowest BCUT2D eigenvalue weighted by atomic mass is 10.2. The Morgan fingerprint density at radius 1 is 1.14 bits per heavy atom. The van der Waals surface area contributed by atoms with Crippen molar-refractivity contribution >= 4 is 29.3 Å². The highest BCUT2D eigenvalue weighted by molar-refractivity contribution is 7.99. The van der Waals surface area contributed by atoms with E-state index >= 15 is 0 Å². The number of ether oxygens (including phenoxy) is 2. The minimum Gasteiger partial charge on any atom is -0.496 e. The van der Waals surface area contributed by atoms with Crippen LogP contribution in [0.15, 0.2) is 53.7 Å². The van der Waals surface area contributed by atoms with Gasteiger partial charge in [-0.05, 0) is 42.8 Å². The number of hydrogen-bond acceptors (Lipinski definition) is 6. The minimum absolute atomic E-state index is 0.154. The normalized spacial score (nSPS) is 10.7. The van der Waals surface area contributed by atoms with Crippen LogP contribution in [0.25, 0.3) is 17.1 Å². The van der Waals surface area contributed by atoms with Crippen molar-refractivity contribution < 1.29 is 14.3 Å². The average molecular weight is 432 g/mol. The van der Waals surface area contributed by atoms with E-state index < -0.39 is 0 Å². The van der Waals surface area contributed by atoms with Gasteiger partial charge in [0.1, 0.15) is 5.75 Å². The summed E-state index contributed by atoms with van der Waals surface area (Å²) >= 11 is 7.34. The van der Waals surface area contributed by atoms with Gasteiger partial charge in [-0.15, -0.1) is 10.2 Å². The molecule has 6 nitrogen and oxygen atoms in total. The van der Waals surface area contributed by atoms with Crippen molar-refractivity contribution in [1.82, 2.24) is 14.8 Å². The van der Waals surface area contributed by atoms with Crippen molar-refractivity contribution in [1.29, 1.82) is 0 Å². The number of unbranched alkanes of at least 4 members (excludes halogenated alkanes) is 1. The molecule has 3 aromatic rings. The summed E-state index contributed by atoms with van der Waals surface area (Å²) in [5.41, 5.74) is 1.64. The Bertz CT molecular complexity index is 960. The van der Waals surface area contributed by atoms with Crippen molar-refractivity contribution in [2.24, 2.45) is 0 Å². The number of esters is 1. The minimum atomic E-state index is -0.270. The van der Waals surface area contributed by atoms with Gasteiger partial charge in [0.25, 0.3) is 0 Å². The van der Waals surface area contributed by atoms with Crippen LogP contribution < -0.4 is 4.74 Å². The summed E-state index contributed by atoms with van der Waals surface area (Å²) in [6.07, 6.45) is 1.84. The number of thioether (sulfide) groups is 1. The molecule has 0 spiro atoms. The first-order valence-corrected chi connectivity index (χ1v) is 10.6. The number of carbonyl (C=O) groups is 1. The molecule has 0 saturated carbocycles. The van der Waals surface area contributed by atoms with E-state index in [0.29, 0.717) is 28.4 Å². The maximum absolute atomic E-state index is 12.0.